The molecular formula is C22H24BrN3O3S. The zero-order valence-corrected chi connectivity index (χ0v) is 19.7. The number of nitrogens with zero attached hydrogens (tertiary/aromatic N) is 2. The SMILES string of the molecule is COc1ccccc1NC(=O)C(C)Sc1nc2ccc(Br)cc2c(=O)n1CC(C)C. The lowest BCUT2D eigenvalue weighted by atomic mass is 10.2. The predicted molar refractivity (Wildman–Crippen MR) is 125 cm³/mol. The van der Waals surface area contributed by atoms with E-state index in [2.05, 4.69) is 21.2 Å². The van der Waals surface area contributed by atoms with Crippen molar-refractivity contribution in [2.24, 2.45) is 5.92 Å². The largest absolute Gasteiger partial charge is 0.495 e. The van der Waals surface area contributed by atoms with E-state index in [1.165, 1.54) is 11.8 Å². The van der Waals surface area contributed by atoms with Crippen molar-refractivity contribution in [2.45, 2.75) is 37.7 Å². The van der Waals surface area contributed by atoms with Crippen molar-refractivity contribution < 1.29 is 9.53 Å². The van der Waals surface area contributed by atoms with Crippen LogP contribution in [0.5, 0.6) is 5.75 Å². The van der Waals surface area contributed by atoms with Crippen molar-refractivity contribution in [3.8, 4) is 5.75 Å². The standard InChI is InChI=1S/C22H24BrN3O3S/c1-13(2)12-26-21(28)16-11-15(23)9-10-17(16)25-22(26)30-14(3)20(27)24-18-7-5-6-8-19(18)29-4/h5-11,13-14H,12H2,1-4H3,(H,24,27). The maximum Gasteiger partial charge on any atom is 0.262 e. The molecule has 0 saturated carbocycles. The van der Waals surface area contributed by atoms with Gasteiger partial charge in [0.25, 0.3) is 5.56 Å². The number of para-hydroxylation sites is 2. The van der Waals surface area contributed by atoms with Gasteiger partial charge in [0.05, 0.1) is 29.0 Å². The van der Waals surface area contributed by atoms with Crippen LogP contribution in [0.4, 0.5) is 5.69 Å². The number of nitrogens with one attached hydrogen (secondary N) is 1. The van der Waals surface area contributed by atoms with Gasteiger partial charge in [0.2, 0.25) is 5.91 Å². The number of hydrogen-bond acceptors (Lipinski definition) is 5. The molecule has 0 aliphatic rings. The molecule has 1 N–H and O–H groups in total. The highest BCUT2D eigenvalue weighted by molar-refractivity contribution is 9.10. The van der Waals surface area contributed by atoms with Gasteiger partial charge in [-0.2, -0.15) is 0 Å². The molecule has 0 aliphatic heterocycles. The van der Waals surface area contributed by atoms with Crippen molar-refractivity contribution in [2.75, 3.05) is 12.4 Å². The normalized spacial score (nSPS) is 12.2. The number of rotatable bonds is 7. The fourth-order valence-corrected chi connectivity index (χ4v) is 4.26. The summed E-state index contributed by atoms with van der Waals surface area (Å²) in [7, 11) is 1.56. The van der Waals surface area contributed by atoms with Crippen LogP contribution in [0.2, 0.25) is 0 Å². The van der Waals surface area contributed by atoms with Crippen molar-refractivity contribution in [3.05, 3.63) is 57.3 Å². The molecule has 2 aromatic carbocycles. The first kappa shape index (κ1) is 22.4. The van der Waals surface area contributed by atoms with E-state index in [4.69, 9.17) is 9.72 Å². The molecule has 3 aromatic rings. The number of ether oxygens (including phenoxy) is 1. The van der Waals surface area contributed by atoms with Crippen LogP contribution in [-0.4, -0.2) is 27.8 Å². The van der Waals surface area contributed by atoms with Gasteiger partial charge in [-0.05, 0) is 43.2 Å². The molecule has 3 rings (SSSR count). The number of aromatic nitrogens is 2. The Balaban J connectivity index is 1.92. The minimum absolute atomic E-state index is 0.102. The van der Waals surface area contributed by atoms with Crippen LogP contribution in [0.25, 0.3) is 10.9 Å². The van der Waals surface area contributed by atoms with Crippen LogP contribution < -0.4 is 15.6 Å². The van der Waals surface area contributed by atoms with Crippen molar-refractivity contribution in [3.63, 3.8) is 0 Å². The summed E-state index contributed by atoms with van der Waals surface area (Å²) in [4.78, 5) is 30.6. The number of benzene rings is 2. The van der Waals surface area contributed by atoms with Crippen molar-refractivity contribution in [1.82, 2.24) is 9.55 Å². The third-order valence-electron chi connectivity index (χ3n) is 4.45. The van der Waals surface area contributed by atoms with Gasteiger partial charge in [-0.3, -0.25) is 14.2 Å². The highest BCUT2D eigenvalue weighted by atomic mass is 79.9. The van der Waals surface area contributed by atoms with Crippen LogP contribution in [0, 0.1) is 5.92 Å². The summed E-state index contributed by atoms with van der Waals surface area (Å²) in [6.07, 6.45) is 0. The number of carbonyl (C=O) groups is 1. The molecule has 1 heterocycles. The number of anilines is 1. The van der Waals surface area contributed by atoms with Crippen LogP contribution >= 0.6 is 27.7 Å². The van der Waals surface area contributed by atoms with Gasteiger partial charge in [-0.15, -0.1) is 0 Å². The third-order valence-corrected chi connectivity index (χ3v) is 6.03. The van der Waals surface area contributed by atoms with Gasteiger partial charge >= 0.3 is 0 Å². The summed E-state index contributed by atoms with van der Waals surface area (Å²) >= 11 is 4.69. The summed E-state index contributed by atoms with van der Waals surface area (Å²) < 4.78 is 7.79. The first-order chi connectivity index (χ1) is 14.3. The second-order valence-corrected chi connectivity index (χ2v) is 9.54. The lowest BCUT2D eigenvalue weighted by molar-refractivity contribution is -0.115. The Morgan fingerprint density at radius 1 is 1.23 bits per heavy atom. The van der Waals surface area contributed by atoms with Crippen LogP contribution in [0.1, 0.15) is 20.8 Å². The molecule has 0 saturated heterocycles. The molecule has 0 aliphatic carbocycles. The van der Waals surface area contributed by atoms with Crippen LogP contribution in [0.15, 0.2) is 56.9 Å². The van der Waals surface area contributed by atoms with Crippen molar-refractivity contribution in [1.29, 1.82) is 0 Å². The number of amides is 1. The van der Waals surface area contributed by atoms with E-state index in [1.54, 1.807) is 36.8 Å². The zero-order chi connectivity index (χ0) is 21.8. The first-order valence-electron chi connectivity index (χ1n) is 9.60. The molecule has 0 bridgehead atoms. The summed E-state index contributed by atoms with van der Waals surface area (Å²) in [6, 6.07) is 12.7. The van der Waals surface area contributed by atoms with Crippen molar-refractivity contribution >= 4 is 50.2 Å². The number of fused-ring (bicyclic) bond motifs is 1. The average molecular weight is 490 g/mol. The van der Waals surface area contributed by atoms with E-state index in [9.17, 15) is 9.59 Å². The quantitative estimate of drug-likeness (QED) is 0.375. The molecular weight excluding hydrogens is 466 g/mol. The van der Waals surface area contributed by atoms with Gasteiger partial charge in [-0.25, -0.2) is 4.98 Å². The van der Waals surface area contributed by atoms with Gasteiger partial charge < -0.3 is 10.1 Å². The number of hydrogen-bond donors (Lipinski definition) is 1. The van der Waals surface area contributed by atoms with E-state index in [1.807, 2.05) is 38.1 Å². The first-order valence-corrected chi connectivity index (χ1v) is 11.3. The Kier molecular flexibility index (Phi) is 7.20. The van der Waals surface area contributed by atoms with E-state index in [0.717, 1.165) is 4.47 Å². The summed E-state index contributed by atoms with van der Waals surface area (Å²) in [5.41, 5.74) is 1.12. The highest BCUT2D eigenvalue weighted by Gasteiger charge is 2.21. The Morgan fingerprint density at radius 3 is 2.67 bits per heavy atom. The molecule has 1 amide bonds. The monoisotopic (exact) mass is 489 g/mol. The summed E-state index contributed by atoms with van der Waals surface area (Å²) in [5, 5.41) is 3.52. The Labute approximate surface area is 188 Å². The molecule has 0 fully saturated rings. The lowest BCUT2D eigenvalue weighted by Crippen LogP contribution is -2.28. The second kappa shape index (κ2) is 9.66. The fourth-order valence-electron chi connectivity index (χ4n) is 2.98. The Hall–Kier alpha value is -2.32. The number of halogens is 1. The number of thioether (sulfide) groups is 1. The van der Waals surface area contributed by atoms with Gasteiger partial charge in [0, 0.05) is 11.0 Å². The molecule has 1 unspecified atom stereocenters. The second-order valence-electron chi connectivity index (χ2n) is 7.32. The number of carbonyl (C=O) groups excluding carboxylic acids is 1. The molecule has 1 aromatic heterocycles. The molecule has 158 valence electrons. The Morgan fingerprint density at radius 2 is 1.97 bits per heavy atom. The van der Waals surface area contributed by atoms with E-state index in [0.29, 0.717) is 34.0 Å². The van der Waals surface area contributed by atoms with Gasteiger partial charge in [0.15, 0.2) is 5.16 Å². The fraction of sp³-hybridized carbons (Fsp3) is 0.318. The summed E-state index contributed by atoms with van der Waals surface area (Å²) in [5.74, 6) is 0.658. The molecule has 0 radical (unpaired) electrons. The minimum Gasteiger partial charge on any atom is -0.495 e. The molecule has 6 nitrogen and oxygen atoms in total. The van der Waals surface area contributed by atoms with Crippen LogP contribution in [0.3, 0.4) is 0 Å². The average Bonchev–Trinajstić information content (AvgIpc) is 2.71. The van der Waals surface area contributed by atoms with Gasteiger partial charge in [-0.1, -0.05) is 53.7 Å². The number of methoxy groups -OCH3 is 1. The maximum absolute atomic E-state index is 13.1. The molecule has 8 heteroatoms. The maximum atomic E-state index is 13.1. The molecule has 1 atom stereocenters. The smallest absolute Gasteiger partial charge is 0.262 e. The predicted octanol–water partition coefficient (Wildman–Crippen LogP) is 4.94. The lowest BCUT2D eigenvalue weighted by Gasteiger charge is -2.18. The highest BCUT2D eigenvalue weighted by Crippen LogP contribution is 2.27. The summed E-state index contributed by atoms with van der Waals surface area (Å²) in [6.45, 7) is 6.41. The Bertz CT molecular complexity index is 1130. The third kappa shape index (κ3) is 5.05. The van der Waals surface area contributed by atoms with E-state index in [-0.39, 0.29) is 17.4 Å². The zero-order valence-electron chi connectivity index (χ0n) is 17.3. The molecule has 30 heavy (non-hydrogen) atoms. The van der Waals surface area contributed by atoms with E-state index < -0.39 is 5.25 Å². The topological polar surface area (TPSA) is 73.2 Å². The van der Waals surface area contributed by atoms with Crippen LogP contribution in [-0.2, 0) is 11.3 Å². The molecule has 0 spiro atoms. The van der Waals surface area contributed by atoms with E-state index >= 15 is 0 Å². The van der Waals surface area contributed by atoms with Gasteiger partial charge in [0.1, 0.15) is 5.75 Å². The minimum atomic E-state index is -0.465.